The molecule has 4 heterocycles. The highest BCUT2D eigenvalue weighted by molar-refractivity contribution is 7.17. The number of ether oxygens (including phenoxy) is 1. The average Bonchev–Trinajstić information content (AvgIpc) is 3.59. The van der Waals surface area contributed by atoms with Crippen LogP contribution in [-0.4, -0.2) is 43.7 Å². The van der Waals surface area contributed by atoms with Gasteiger partial charge < -0.3 is 14.2 Å². The molecule has 0 spiro atoms. The Labute approximate surface area is 235 Å². The number of Topliss-reactive ketones (excluding diaryl/α,β-unsaturated/α-hetero) is 1. The number of hydrogen-bond acceptors (Lipinski definition) is 8. The van der Waals surface area contributed by atoms with Crippen LogP contribution in [0, 0.1) is 20.8 Å². The lowest BCUT2D eigenvalue weighted by Crippen LogP contribution is -2.29. The number of carbonyl (C=O) groups is 3. The standard InChI is InChI=1S/C30H28N4O5S/c1-6-15-39-29(38)26-17(4)31-30(40-26)34-23(20-12-10-19(7-2)11-13-20)21(25(36)28(34)37)24(35)22-18(5)33-14-8-9-16(3)27(33)32-22/h6,8-14,23,35H,1,7,15H2,2-5H3/b24-21+. The number of fused-ring (bicyclic) bond motifs is 1. The lowest BCUT2D eigenvalue weighted by Gasteiger charge is -2.23. The van der Waals surface area contributed by atoms with Crippen molar-refractivity contribution in [1.82, 2.24) is 14.4 Å². The molecule has 0 saturated carbocycles. The number of carbonyl (C=O) groups excluding carboxylic acids is 3. The second-order valence-corrected chi connectivity index (χ2v) is 10.5. The molecule has 5 rings (SSSR count). The van der Waals surface area contributed by atoms with Gasteiger partial charge in [0.1, 0.15) is 22.8 Å². The fraction of sp³-hybridized carbons (Fsp3) is 0.233. The molecular weight excluding hydrogens is 528 g/mol. The topological polar surface area (TPSA) is 114 Å². The number of aliphatic hydroxyl groups is 1. The summed E-state index contributed by atoms with van der Waals surface area (Å²) >= 11 is 0.955. The van der Waals surface area contributed by atoms with Crippen molar-refractivity contribution in [3.8, 4) is 0 Å². The maximum absolute atomic E-state index is 13.6. The molecule has 1 N–H and O–H groups in total. The molecule has 4 aromatic rings. The number of thiazole rings is 1. The third-order valence-electron chi connectivity index (χ3n) is 6.97. The molecule has 1 aliphatic rings. The second kappa shape index (κ2) is 10.5. The van der Waals surface area contributed by atoms with Crippen LogP contribution in [0.2, 0.25) is 0 Å². The fourth-order valence-electron chi connectivity index (χ4n) is 4.83. The van der Waals surface area contributed by atoms with Gasteiger partial charge in [-0.1, -0.05) is 61.2 Å². The van der Waals surface area contributed by atoms with Gasteiger partial charge >= 0.3 is 11.9 Å². The normalized spacial score (nSPS) is 16.6. The number of aromatic nitrogens is 3. The molecule has 1 atom stereocenters. The molecule has 1 aliphatic heterocycles. The Morgan fingerprint density at radius 1 is 1.15 bits per heavy atom. The van der Waals surface area contributed by atoms with Crippen molar-refractivity contribution in [3.63, 3.8) is 0 Å². The van der Waals surface area contributed by atoms with Crippen LogP contribution in [-0.2, 0) is 20.7 Å². The van der Waals surface area contributed by atoms with Crippen LogP contribution in [0.5, 0.6) is 0 Å². The Morgan fingerprint density at radius 3 is 2.52 bits per heavy atom. The van der Waals surface area contributed by atoms with Crippen molar-refractivity contribution in [2.45, 2.75) is 40.2 Å². The van der Waals surface area contributed by atoms with E-state index in [0.29, 0.717) is 22.6 Å². The fourth-order valence-corrected chi connectivity index (χ4v) is 5.82. The van der Waals surface area contributed by atoms with Gasteiger partial charge in [0.15, 0.2) is 10.9 Å². The first kappa shape index (κ1) is 27.0. The van der Waals surface area contributed by atoms with Crippen LogP contribution in [0.25, 0.3) is 11.4 Å². The van der Waals surface area contributed by atoms with Crippen molar-refractivity contribution in [2.75, 3.05) is 11.5 Å². The summed E-state index contributed by atoms with van der Waals surface area (Å²) in [5, 5.41) is 11.8. The summed E-state index contributed by atoms with van der Waals surface area (Å²) in [6.45, 7) is 10.9. The van der Waals surface area contributed by atoms with E-state index in [1.54, 1.807) is 13.8 Å². The van der Waals surface area contributed by atoms with Gasteiger partial charge in [0.05, 0.1) is 23.0 Å². The minimum Gasteiger partial charge on any atom is -0.505 e. The first-order valence-electron chi connectivity index (χ1n) is 12.8. The number of anilines is 1. The number of imidazole rings is 1. The predicted molar refractivity (Wildman–Crippen MR) is 153 cm³/mol. The Bertz CT molecular complexity index is 1710. The SMILES string of the molecule is C=CCOC(=O)c1sc(N2C(=O)C(=O)/C(=C(/O)c3nc4c(C)cccn4c3C)C2c2ccc(CC)cc2)nc1C. The maximum atomic E-state index is 13.6. The van der Waals surface area contributed by atoms with E-state index in [0.717, 1.165) is 28.9 Å². The van der Waals surface area contributed by atoms with Crippen LogP contribution in [0.15, 0.2) is 60.8 Å². The van der Waals surface area contributed by atoms with Crippen molar-refractivity contribution in [2.24, 2.45) is 0 Å². The van der Waals surface area contributed by atoms with Crippen LogP contribution in [0.1, 0.15) is 56.4 Å². The minimum absolute atomic E-state index is 0.0254. The Hall–Kier alpha value is -4.57. The van der Waals surface area contributed by atoms with Crippen molar-refractivity contribution in [3.05, 3.63) is 99.5 Å². The summed E-state index contributed by atoms with van der Waals surface area (Å²) in [7, 11) is 0. The minimum atomic E-state index is -0.987. The lowest BCUT2D eigenvalue weighted by atomic mass is 9.95. The number of nitrogens with zero attached hydrogens (tertiary/aromatic N) is 4. The van der Waals surface area contributed by atoms with E-state index >= 15 is 0 Å². The van der Waals surface area contributed by atoms with E-state index in [-0.39, 0.29) is 33.6 Å². The molecule has 1 aromatic carbocycles. The molecule has 1 unspecified atom stereocenters. The predicted octanol–water partition coefficient (Wildman–Crippen LogP) is 5.25. The van der Waals surface area contributed by atoms with Gasteiger partial charge in [-0.15, -0.1) is 0 Å². The highest BCUT2D eigenvalue weighted by Crippen LogP contribution is 2.44. The van der Waals surface area contributed by atoms with Gasteiger partial charge in [0.25, 0.3) is 5.78 Å². The van der Waals surface area contributed by atoms with Gasteiger partial charge in [0, 0.05) is 6.20 Å². The number of esters is 1. The first-order chi connectivity index (χ1) is 19.2. The number of aliphatic hydroxyl groups excluding tert-OH is 1. The van der Waals surface area contributed by atoms with Crippen LogP contribution < -0.4 is 4.90 Å². The van der Waals surface area contributed by atoms with Crippen LogP contribution >= 0.6 is 11.3 Å². The van der Waals surface area contributed by atoms with Gasteiger partial charge in [-0.3, -0.25) is 14.5 Å². The van der Waals surface area contributed by atoms with E-state index in [1.807, 2.05) is 60.8 Å². The lowest BCUT2D eigenvalue weighted by molar-refractivity contribution is -0.132. The summed E-state index contributed by atoms with van der Waals surface area (Å²) < 4.78 is 7.00. The monoisotopic (exact) mass is 556 g/mol. The molecule has 40 heavy (non-hydrogen) atoms. The van der Waals surface area contributed by atoms with E-state index in [9.17, 15) is 19.5 Å². The van der Waals surface area contributed by atoms with Crippen LogP contribution in [0.4, 0.5) is 5.13 Å². The number of rotatable bonds is 7. The molecule has 9 nitrogen and oxygen atoms in total. The zero-order chi connectivity index (χ0) is 28.7. The smallest absolute Gasteiger partial charge is 0.350 e. The number of aryl methyl sites for hydroxylation is 4. The highest BCUT2D eigenvalue weighted by Gasteiger charge is 2.49. The summed E-state index contributed by atoms with van der Waals surface area (Å²) in [4.78, 5) is 50.3. The molecule has 0 radical (unpaired) electrons. The summed E-state index contributed by atoms with van der Waals surface area (Å²) in [6, 6.07) is 10.3. The Kier molecular flexibility index (Phi) is 7.12. The molecule has 0 aliphatic carbocycles. The third kappa shape index (κ3) is 4.40. The van der Waals surface area contributed by atoms with E-state index in [2.05, 4.69) is 16.5 Å². The molecule has 1 amide bonds. The third-order valence-corrected chi connectivity index (χ3v) is 8.10. The number of hydrogen-bond donors (Lipinski definition) is 1. The van der Waals surface area contributed by atoms with Crippen molar-refractivity contribution < 1.29 is 24.2 Å². The Morgan fingerprint density at radius 2 is 1.88 bits per heavy atom. The second-order valence-electron chi connectivity index (χ2n) is 9.49. The number of benzene rings is 1. The van der Waals surface area contributed by atoms with Gasteiger partial charge in [-0.2, -0.15) is 0 Å². The van der Waals surface area contributed by atoms with E-state index in [1.165, 1.54) is 11.0 Å². The molecule has 3 aromatic heterocycles. The zero-order valence-electron chi connectivity index (χ0n) is 22.6. The van der Waals surface area contributed by atoms with Gasteiger partial charge in [0.2, 0.25) is 0 Å². The summed E-state index contributed by atoms with van der Waals surface area (Å²) in [5.41, 5.74) is 4.32. The van der Waals surface area contributed by atoms with Gasteiger partial charge in [-0.25, -0.2) is 14.8 Å². The van der Waals surface area contributed by atoms with E-state index in [4.69, 9.17) is 4.74 Å². The van der Waals surface area contributed by atoms with Crippen molar-refractivity contribution >= 4 is 45.5 Å². The molecule has 0 bridgehead atoms. The number of amides is 1. The number of pyridine rings is 1. The van der Waals surface area contributed by atoms with Crippen LogP contribution in [0.3, 0.4) is 0 Å². The largest absolute Gasteiger partial charge is 0.505 e. The van der Waals surface area contributed by atoms with E-state index < -0.39 is 23.7 Å². The number of ketones is 1. The molecular formula is C30H28N4O5S. The molecule has 1 fully saturated rings. The summed E-state index contributed by atoms with van der Waals surface area (Å²) in [5.74, 6) is -2.69. The van der Waals surface area contributed by atoms with Crippen molar-refractivity contribution in [1.29, 1.82) is 0 Å². The quantitative estimate of drug-likeness (QED) is 0.109. The Balaban J connectivity index is 1.71. The molecule has 10 heteroatoms. The molecule has 204 valence electrons. The first-order valence-corrected chi connectivity index (χ1v) is 13.6. The highest BCUT2D eigenvalue weighted by atomic mass is 32.1. The summed E-state index contributed by atoms with van der Waals surface area (Å²) in [6.07, 6.45) is 4.09. The average molecular weight is 557 g/mol. The molecule has 1 saturated heterocycles. The van der Waals surface area contributed by atoms with Gasteiger partial charge in [-0.05, 0) is 49.9 Å². The zero-order valence-corrected chi connectivity index (χ0v) is 23.4. The maximum Gasteiger partial charge on any atom is 0.350 e.